The first-order chi connectivity index (χ1) is 11.4. The van der Waals surface area contributed by atoms with E-state index in [1.165, 1.54) is 5.56 Å². The molecule has 0 aromatic heterocycles. The molecule has 0 bridgehead atoms. The second-order valence-corrected chi connectivity index (χ2v) is 8.09. The summed E-state index contributed by atoms with van der Waals surface area (Å²) in [7, 11) is 0. The van der Waals surface area contributed by atoms with Crippen molar-refractivity contribution in [1.82, 2.24) is 10.6 Å². The quantitative estimate of drug-likeness (QED) is 0.546. The molecule has 132 valence electrons. The summed E-state index contributed by atoms with van der Waals surface area (Å²) >= 11 is 1.81. The van der Waals surface area contributed by atoms with E-state index in [2.05, 4.69) is 54.0 Å². The number of rotatable bonds is 6. The zero-order valence-electron chi connectivity index (χ0n) is 15.0. The molecule has 2 rings (SSSR count). The number of guanidine groups is 1. The number of nitrogens with zero attached hydrogens (tertiary/aromatic N) is 1. The molecule has 1 amide bonds. The lowest BCUT2D eigenvalue weighted by atomic mass is 9.90. The van der Waals surface area contributed by atoms with Crippen molar-refractivity contribution >= 4 is 29.3 Å². The summed E-state index contributed by atoms with van der Waals surface area (Å²) in [5.74, 6) is 1.04. The molecular weight excluding hydrogens is 320 g/mol. The van der Waals surface area contributed by atoms with Crippen LogP contribution in [0.2, 0.25) is 0 Å². The van der Waals surface area contributed by atoms with Crippen molar-refractivity contribution < 1.29 is 4.79 Å². The number of nitrogens with one attached hydrogen (secondary N) is 3. The minimum absolute atomic E-state index is 0.0750. The zero-order chi connectivity index (χ0) is 17.6. The molecule has 0 spiro atoms. The summed E-state index contributed by atoms with van der Waals surface area (Å²) in [6.07, 6.45) is 2.60. The van der Waals surface area contributed by atoms with Crippen molar-refractivity contribution in [2.45, 2.75) is 37.9 Å². The first-order valence-electron chi connectivity index (χ1n) is 8.41. The van der Waals surface area contributed by atoms with Crippen molar-refractivity contribution in [3.8, 4) is 0 Å². The van der Waals surface area contributed by atoms with Gasteiger partial charge in [-0.1, -0.05) is 18.2 Å². The number of carbonyl (C=O) groups is 1. The summed E-state index contributed by atoms with van der Waals surface area (Å²) in [6.45, 7) is 8.67. The average Bonchev–Trinajstić information content (AvgIpc) is 2.57. The Morgan fingerprint density at radius 3 is 2.83 bits per heavy atom. The van der Waals surface area contributed by atoms with E-state index in [-0.39, 0.29) is 16.6 Å². The van der Waals surface area contributed by atoms with Crippen molar-refractivity contribution in [1.29, 1.82) is 0 Å². The average molecular weight is 349 g/mol. The maximum Gasteiger partial charge on any atom is 0.225 e. The molecule has 1 aromatic carbocycles. The molecule has 0 fully saturated rings. The Balaban J connectivity index is 2.04. The molecule has 24 heavy (non-hydrogen) atoms. The lowest BCUT2D eigenvalue weighted by Gasteiger charge is -2.26. The van der Waals surface area contributed by atoms with Gasteiger partial charge in [0.15, 0.2) is 5.96 Å². The summed E-state index contributed by atoms with van der Waals surface area (Å²) in [5.41, 5.74) is 2.11. The molecule has 1 aliphatic rings. The van der Waals surface area contributed by atoms with E-state index in [9.17, 15) is 4.79 Å². The Labute approximate surface area is 149 Å². The van der Waals surface area contributed by atoms with Crippen LogP contribution in [0.5, 0.6) is 0 Å². The van der Waals surface area contributed by atoms with Crippen molar-refractivity contribution in [3.05, 3.63) is 29.8 Å². The molecule has 6 heteroatoms. The maximum atomic E-state index is 11.9. The molecule has 0 aliphatic carbocycles. The summed E-state index contributed by atoms with van der Waals surface area (Å²) in [6, 6.07) is 8.01. The Kier molecular flexibility index (Phi) is 6.54. The highest BCUT2D eigenvalue weighted by molar-refractivity contribution is 7.99. The van der Waals surface area contributed by atoms with Gasteiger partial charge in [0.25, 0.3) is 0 Å². The SMILES string of the molecule is CCNC(=NCC(C)(C)SC)NCC1CC(=O)Nc2ccccc21. The lowest BCUT2D eigenvalue weighted by Crippen LogP contribution is -2.41. The van der Waals surface area contributed by atoms with Crippen LogP contribution in [0.15, 0.2) is 29.3 Å². The third-order valence-corrected chi connectivity index (χ3v) is 5.37. The number of para-hydroxylation sites is 1. The Morgan fingerprint density at radius 1 is 1.38 bits per heavy atom. The number of anilines is 1. The predicted molar refractivity (Wildman–Crippen MR) is 104 cm³/mol. The normalized spacial score (nSPS) is 17.9. The summed E-state index contributed by atoms with van der Waals surface area (Å²) < 4.78 is 0.111. The van der Waals surface area contributed by atoms with Gasteiger partial charge in [0.05, 0.1) is 6.54 Å². The van der Waals surface area contributed by atoms with Gasteiger partial charge in [0, 0.05) is 35.9 Å². The number of hydrogen-bond donors (Lipinski definition) is 3. The molecular formula is C18H28N4OS. The van der Waals surface area contributed by atoms with Gasteiger partial charge in [-0.05, 0) is 38.7 Å². The Bertz CT molecular complexity index is 600. The molecule has 5 nitrogen and oxygen atoms in total. The van der Waals surface area contributed by atoms with E-state index in [1.807, 2.05) is 30.0 Å². The van der Waals surface area contributed by atoms with E-state index >= 15 is 0 Å². The van der Waals surface area contributed by atoms with Crippen molar-refractivity contribution in [2.24, 2.45) is 4.99 Å². The van der Waals surface area contributed by atoms with Crippen LogP contribution in [0.3, 0.4) is 0 Å². The molecule has 1 aromatic rings. The van der Waals surface area contributed by atoms with Crippen LogP contribution in [0, 0.1) is 0 Å². The van der Waals surface area contributed by atoms with Crippen LogP contribution in [-0.4, -0.2) is 42.5 Å². The minimum Gasteiger partial charge on any atom is -0.357 e. The van der Waals surface area contributed by atoms with Crippen molar-refractivity contribution in [3.63, 3.8) is 0 Å². The topological polar surface area (TPSA) is 65.5 Å². The highest BCUT2D eigenvalue weighted by Gasteiger charge is 2.24. The molecule has 3 N–H and O–H groups in total. The van der Waals surface area contributed by atoms with Crippen LogP contribution >= 0.6 is 11.8 Å². The first kappa shape index (κ1) is 18.6. The fourth-order valence-corrected chi connectivity index (χ4v) is 2.77. The number of fused-ring (bicyclic) bond motifs is 1. The number of benzene rings is 1. The van der Waals surface area contributed by atoms with Gasteiger partial charge in [-0.2, -0.15) is 11.8 Å². The fraction of sp³-hybridized carbons (Fsp3) is 0.556. The van der Waals surface area contributed by atoms with Crippen LogP contribution < -0.4 is 16.0 Å². The van der Waals surface area contributed by atoms with Gasteiger partial charge in [0.1, 0.15) is 0 Å². The maximum absolute atomic E-state index is 11.9. The molecule has 0 saturated heterocycles. The number of amides is 1. The molecule has 1 aliphatic heterocycles. The first-order valence-corrected chi connectivity index (χ1v) is 9.63. The summed E-state index contributed by atoms with van der Waals surface area (Å²) in [5, 5.41) is 9.62. The third kappa shape index (κ3) is 5.16. The minimum atomic E-state index is 0.0750. The molecule has 0 saturated carbocycles. The number of hydrogen-bond acceptors (Lipinski definition) is 3. The Hall–Kier alpha value is -1.69. The monoisotopic (exact) mass is 348 g/mol. The van der Waals surface area contributed by atoms with E-state index in [0.29, 0.717) is 13.0 Å². The molecule has 1 atom stereocenters. The second-order valence-electron chi connectivity index (χ2n) is 6.58. The van der Waals surface area contributed by atoms with Gasteiger partial charge >= 0.3 is 0 Å². The standard InChI is InChI=1S/C18H28N4OS/c1-5-19-17(21-12-18(2,3)24-4)20-11-13-10-16(23)22-15-9-7-6-8-14(13)15/h6-9,13H,5,10-12H2,1-4H3,(H,22,23)(H2,19,20,21). The van der Waals surface area contributed by atoms with Crippen LogP contribution in [0.4, 0.5) is 5.69 Å². The second kappa shape index (κ2) is 8.42. The highest BCUT2D eigenvalue weighted by atomic mass is 32.2. The highest BCUT2D eigenvalue weighted by Crippen LogP contribution is 2.31. The summed E-state index contributed by atoms with van der Waals surface area (Å²) in [4.78, 5) is 16.6. The Morgan fingerprint density at radius 2 is 2.12 bits per heavy atom. The van der Waals surface area contributed by atoms with Gasteiger partial charge in [-0.3, -0.25) is 9.79 Å². The third-order valence-electron chi connectivity index (χ3n) is 4.14. The van der Waals surface area contributed by atoms with E-state index in [1.54, 1.807) is 0 Å². The van der Waals surface area contributed by atoms with Gasteiger partial charge in [-0.15, -0.1) is 0 Å². The lowest BCUT2D eigenvalue weighted by molar-refractivity contribution is -0.116. The molecule has 1 unspecified atom stereocenters. The van der Waals surface area contributed by atoms with Gasteiger partial charge in [-0.25, -0.2) is 0 Å². The van der Waals surface area contributed by atoms with Crippen molar-refractivity contribution in [2.75, 3.05) is 31.2 Å². The predicted octanol–water partition coefficient (Wildman–Crippen LogP) is 2.81. The van der Waals surface area contributed by atoms with E-state index in [0.717, 1.165) is 24.7 Å². The fourth-order valence-electron chi connectivity index (χ4n) is 2.58. The number of carbonyl (C=O) groups excluding carboxylic acids is 1. The van der Waals surface area contributed by atoms with Gasteiger partial charge in [0.2, 0.25) is 5.91 Å². The van der Waals surface area contributed by atoms with E-state index in [4.69, 9.17) is 0 Å². The van der Waals surface area contributed by atoms with Crippen LogP contribution in [0.1, 0.15) is 38.7 Å². The molecule has 0 radical (unpaired) electrons. The molecule has 1 heterocycles. The smallest absolute Gasteiger partial charge is 0.225 e. The van der Waals surface area contributed by atoms with E-state index < -0.39 is 0 Å². The van der Waals surface area contributed by atoms with Crippen LogP contribution in [0.25, 0.3) is 0 Å². The van der Waals surface area contributed by atoms with Crippen LogP contribution in [-0.2, 0) is 4.79 Å². The van der Waals surface area contributed by atoms with Gasteiger partial charge < -0.3 is 16.0 Å². The largest absolute Gasteiger partial charge is 0.357 e. The number of thioether (sulfide) groups is 1. The zero-order valence-corrected chi connectivity index (χ0v) is 15.8. The number of aliphatic imine (C=N–C) groups is 1.